The third-order valence-electron chi connectivity index (χ3n) is 3.08. The van der Waals surface area contributed by atoms with Crippen LogP contribution < -0.4 is 0 Å². The number of aliphatic carboxylic acids is 1. The maximum absolute atomic E-state index is 12.3. The van der Waals surface area contributed by atoms with E-state index >= 15 is 0 Å². The number of thiazole rings is 1. The fourth-order valence-corrected chi connectivity index (χ4v) is 2.79. The molecule has 1 unspecified atom stereocenters. The number of furan rings is 1. The molecule has 1 fully saturated rings. The largest absolute Gasteiger partial charge is 0.479 e. The Morgan fingerprint density at radius 3 is 3.05 bits per heavy atom. The third-order valence-corrected chi connectivity index (χ3v) is 3.94. The van der Waals surface area contributed by atoms with E-state index in [-0.39, 0.29) is 24.8 Å². The summed E-state index contributed by atoms with van der Waals surface area (Å²) < 4.78 is 10.3. The molecular weight excluding hydrogens is 296 g/mol. The number of nitrogens with zero attached hydrogens (tertiary/aromatic N) is 2. The first kappa shape index (κ1) is 13.8. The Labute approximate surface area is 123 Å². The van der Waals surface area contributed by atoms with Crippen LogP contribution in [0.1, 0.15) is 10.5 Å². The SMILES string of the molecule is O=C(O)C1CN(C(=O)c2csc(-c3ccco3)n2)CCO1. The zero-order valence-corrected chi connectivity index (χ0v) is 11.7. The first-order valence-electron chi connectivity index (χ1n) is 6.28. The fraction of sp³-hybridized carbons (Fsp3) is 0.308. The molecule has 2 aromatic rings. The number of ether oxygens (including phenoxy) is 1. The highest BCUT2D eigenvalue weighted by molar-refractivity contribution is 7.13. The molecule has 0 saturated carbocycles. The Morgan fingerprint density at radius 2 is 2.33 bits per heavy atom. The van der Waals surface area contributed by atoms with Crippen molar-refractivity contribution < 1.29 is 23.8 Å². The van der Waals surface area contributed by atoms with Gasteiger partial charge in [-0.15, -0.1) is 11.3 Å². The van der Waals surface area contributed by atoms with Crippen LogP contribution in [0.3, 0.4) is 0 Å². The van der Waals surface area contributed by atoms with Gasteiger partial charge < -0.3 is 19.2 Å². The Kier molecular flexibility index (Phi) is 3.72. The molecule has 0 spiro atoms. The Balaban J connectivity index is 1.74. The minimum absolute atomic E-state index is 0.0295. The number of rotatable bonds is 3. The van der Waals surface area contributed by atoms with Crippen LogP contribution in [0.15, 0.2) is 28.2 Å². The lowest BCUT2D eigenvalue weighted by Crippen LogP contribution is -2.48. The predicted octanol–water partition coefficient (Wildman–Crippen LogP) is 1.33. The molecule has 1 N–H and O–H groups in total. The van der Waals surface area contributed by atoms with E-state index in [0.717, 1.165) is 0 Å². The smallest absolute Gasteiger partial charge is 0.334 e. The van der Waals surface area contributed by atoms with Gasteiger partial charge in [0.1, 0.15) is 5.69 Å². The van der Waals surface area contributed by atoms with Gasteiger partial charge in [-0.1, -0.05) is 0 Å². The summed E-state index contributed by atoms with van der Waals surface area (Å²) >= 11 is 1.31. The third kappa shape index (κ3) is 2.81. The van der Waals surface area contributed by atoms with Crippen molar-refractivity contribution >= 4 is 23.2 Å². The maximum atomic E-state index is 12.3. The standard InChI is InChI=1S/C13H12N2O5S/c16-12(15-3-5-20-10(6-15)13(17)18)8-7-21-11(14-8)9-2-1-4-19-9/h1-2,4,7,10H,3,5-6H2,(H,17,18). The Bertz CT molecular complexity index is 651. The summed E-state index contributed by atoms with van der Waals surface area (Å²) in [7, 11) is 0. The lowest BCUT2D eigenvalue weighted by atomic mass is 10.2. The number of carbonyl (C=O) groups is 2. The summed E-state index contributed by atoms with van der Waals surface area (Å²) in [6.07, 6.45) is 0.559. The molecule has 0 aliphatic carbocycles. The first-order valence-corrected chi connectivity index (χ1v) is 7.16. The first-order chi connectivity index (χ1) is 10.1. The van der Waals surface area contributed by atoms with Gasteiger partial charge in [-0.25, -0.2) is 9.78 Å². The highest BCUT2D eigenvalue weighted by Gasteiger charge is 2.30. The van der Waals surface area contributed by atoms with Gasteiger partial charge in [-0.05, 0) is 12.1 Å². The number of hydrogen-bond donors (Lipinski definition) is 1. The topological polar surface area (TPSA) is 92.9 Å². The number of morpholine rings is 1. The van der Waals surface area contributed by atoms with Crippen molar-refractivity contribution in [3.8, 4) is 10.8 Å². The quantitative estimate of drug-likeness (QED) is 0.919. The van der Waals surface area contributed by atoms with Crippen molar-refractivity contribution in [3.05, 3.63) is 29.5 Å². The van der Waals surface area contributed by atoms with Gasteiger partial charge >= 0.3 is 5.97 Å². The monoisotopic (exact) mass is 308 g/mol. The molecule has 3 rings (SSSR count). The van der Waals surface area contributed by atoms with Gasteiger partial charge in [-0.3, -0.25) is 4.79 Å². The van der Waals surface area contributed by atoms with Gasteiger partial charge in [-0.2, -0.15) is 0 Å². The van der Waals surface area contributed by atoms with Crippen molar-refractivity contribution in [2.24, 2.45) is 0 Å². The number of carbonyl (C=O) groups excluding carboxylic acids is 1. The van der Waals surface area contributed by atoms with Gasteiger partial charge in [0.2, 0.25) is 0 Å². The minimum atomic E-state index is -1.07. The summed E-state index contributed by atoms with van der Waals surface area (Å²) in [5.74, 6) is -0.759. The fourth-order valence-electron chi connectivity index (χ4n) is 2.03. The van der Waals surface area contributed by atoms with Gasteiger partial charge in [0, 0.05) is 11.9 Å². The molecule has 0 bridgehead atoms. The van der Waals surface area contributed by atoms with Crippen LogP contribution in [0.5, 0.6) is 0 Å². The molecule has 1 amide bonds. The summed E-state index contributed by atoms with van der Waals surface area (Å²) in [5.41, 5.74) is 0.289. The average Bonchev–Trinajstić information content (AvgIpc) is 3.17. The highest BCUT2D eigenvalue weighted by Crippen LogP contribution is 2.24. The molecule has 7 nitrogen and oxygen atoms in total. The Hall–Kier alpha value is -2.19. The minimum Gasteiger partial charge on any atom is -0.479 e. The van der Waals surface area contributed by atoms with Crippen LogP contribution in [-0.4, -0.2) is 52.7 Å². The zero-order valence-electron chi connectivity index (χ0n) is 10.9. The molecule has 2 aromatic heterocycles. The lowest BCUT2D eigenvalue weighted by Gasteiger charge is -2.30. The number of hydrogen-bond acceptors (Lipinski definition) is 6. The van der Waals surface area contributed by atoms with Crippen LogP contribution in [0.25, 0.3) is 10.8 Å². The van der Waals surface area contributed by atoms with Crippen LogP contribution in [0.4, 0.5) is 0 Å². The number of aromatic nitrogens is 1. The van der Waals surface area contributed by atoms with Crippen molar-refractivity contribution in [3.63, 3.8) is 0 Å². The van der Waals surface area contributed by atoms with Crippen LogP contribution in [-0.2, 0) is 9.53 Å². The van der Waals surface area contributed by atoms with E-state index in [1.54, 1.807) is 17.5 Å². The van der Waals surface area contributed by atoms with E-state index in [1.807, 2.05) is 0 Å². The second-order valence-electron chi connectivity index (χ2n) is 4.46. The molecule has 1 atom stereocenters. The van der Waals surface area contributed by atoms with Crippen molar-refractivity contribution in [1.82, 2.24) is 9.88 Å². The average molecular weight is 308 g/mol. The van der Waals surface area contributed by atoms with Crippen LogP contribution >= 0.6 is 11.3 Å². The summed E-state index contributed by atoms with van der Waals surface area (Å²) in [4.78, 5) is 29.0. The van der Waals surface area contributed by atoms with E-state index in [4.69, 9.17) is 14.3 Å². The van der Waals surface area contributed by atoms with E-state index in [2.05, 4.69) is 4.98 Å². The molecule has 1 aliphatic rings. The maximum Gasteiger partial charge on any atom is 0.334 e. The highest BCUT2D eigenvalue weighted by atomic mass is 32.1. The van der Waals surface area contributed by atoms with Crippen molar-refractivity contribution in [2.75, 3.05) is 19.7 Å². The van der Waals surface area contributed by atoms with E-state index in [9.17, 15) is 9.59 Å². The predicted molar refractivity (Wildman–Crippen MR) is 73.1 cm³/mol. The van der Waals surface area contributed by atoms with Crippen molar-refractivity contribution in [1.29, 1.82) is 0 Å². The second kappa shape index (κ2) is 5.66. The van der Waals surface area contributed by atoms with E-state index < -0.39 is 12.1 Å². The Morgan fingerprint density at radius 1 is 1.48 bits per heavy atom. The number of carboxylic acids is 1. The number of carboxylic acid groups (broad SMARTS) is 1. The van der Waals surface area contributed by atoms with E-state index in [0.29, 0.717) is 17.3 Å². The number of amides is 1. The molecular formula is C13H12N2O5S. The van der Waals surface area contributed by atoms with Crippen LogP contribution in [0.2, 0.25) is 0 Å². The van der Waals surface area contributed by atoms with Crippen molar-refractivity contribution in [2.45, 2.75) is 6.10 Å². The molecule has 0 aromatic carbocycles. The molecule has 1 saturated heterocycles. The molecule has 3 heterocycles. The molecule has 21 heavy (non-hydrogen) atoms. The molecule has 8 heteroatoms. The van der Waals surface area contributed by atoms with Gasteiger partial charge in [0.05, 0.1) is 19.4 Å². The molecule has 0 radical (unpaired) electrons. The van der Waals surface area contributed by atoms with E-state index in [1.165, 1.54) is 22.5 Å². The summed E-state index contributed by atoms with van der Waals surface area (Å²) in [6, 6.07) is 3.51. The second-order valence-corrected chi connectivity index (χ2v) is 5.32. The normalized spacial score (nSPS) is 18.7. The van der Waals surface area contributed by atoms with Gasteiger partial charge in [0.25, 0.3) is 5.91 Å². The summed E-state index contributed by atoms with van der Waals surface area (Å²) in [6.45, 7) is 0.593. The lowest BCUT2D eigenvalue weighted by molar-refractivity contribution is -0.154. The van der Waals surface area contributed by atoms with Crippen LogP contribution in [0, 0.1) is 0 Å². The zero-order chi connectivity index (χ0) is 14.8. The molecule has 110 valence electrons. The summed E-state index contributed by atoms with van der Waals surface area (Å²) in [5, 5.41) is 11.2. The molecule has 1 aliphatic heterocycles. The van der Waals surface area contributed by atoms with Gasteiger partial charge in [0.15, 0.2) is 16.9 Å².